The molecule has 0 bridgehead atoms. The van der Waals surface area contributed by atoms with Crippen molar-refractivity contribution in [3.8, 4) is 0 Å². The summed E-state index contributed by atoms with van der Waals surface area (Å²) < 4.78 is 4.76. The van der Waals surface area contributed by atoms with E-state index < -0.39 is 11.9 Å². The number of ether oxygens (including phenoxy) is 1. The van der Waals surface area contributed by atoms with E-state index in [1.807, 2.05) is 0 Å². The third-order valence-corrected chi connectivity index (χ3v) is 4.46. The van der Waals surface area contributed by atoms with Crippen LogP contribution < -0.4 is 10.2 Å². The lowest BCUT2D eigenvalue weighted by atomic mass is 10.1. The number of hydrogen-bond donors (Lipinski definition) is 1. The number of amides is 1. The highest BCUT2D eigenvalue weighted by Gasteiger charge is 2.20. The van der Waals surface area contributed by atoms with E-state index in [0.717, 1.165) is 32.0 Å². The Bertz CT molecular complexity index is 847. The first-order valence-electron chi connectivity index (χ1n) is 8.76. The molecule has 1 amide bonds. The van der Waals surface area contributed by atoms with Crippen LogP contribution in [0, 0.1) is 6.92 Å². The Balaban J connectivity index is 1.83. The van der Waals surface area contributed by atoms with E-state index in [9.17, 15) is 9.59 Å². The predicted octanol–water partition coefficient (Wildman–Crippen LogP) is 1.58. The lowest BCUT2D eigenvalue weighted by Crippen LogP contribution is -2.45. The topological polar surface area (TPSA) is 87.7 Å². The molecule has 8 nitrogen and oxygen atoms in total. The first-order valence-corrected chi connectivity index (χ1v) is 8.76. The van der Waals surface area contributed by atoms with Gasteiger partial charge in [-0.2, -0.15) is 0 Å². The molecule has 0 unspecified atom stereocenters. The van der Waals surface area contributed by atoms with Crippen LogP contribution in [0.3, 0.4) is 0 Å². The Morgan fingerprint density at radius 1 is 1.11 bits per heavy atom. The molecule has 1 aromatic carbocycles. The molecule has 1 aliphatic rings. The zero-order chi connectivity index (χ0) is 19.4. The van der Waals surface area contributed by atoms with Gasteiger partial charge < -0.3 is 19.9 Å². The van der Waals surface area contributed by atoms with Crippen LogP contribution in [-0.2, 0) is 4.74 Å². The van der Waals surface area contributed by atoms with Gasteiger partial charge in [0.15, 0.2) is 0 Å². The first-order chi connectivity index (χ1) is 13.0. The van der Waals surface area contributed by atoms with Crippen molar-refractivity contribution in [1.29, 1.82) is 0 Å². The SMILES string of the molecule is COC(=O)c1ccccc1NC(=O)c1cc(N2CCN(C)CC2)nc(C)n1. The van der Waals surface area contributed by atoms with Crippen molar-refractivity contribution in [1.82, 2.24) is 14.9 Å². The zero-order valence-corrected chi connectivity index (χ0v) is 15.7. The fourth-order valence-electron chi connectivity index (χ4n) is 2.93. The molecule has 3 rings (SSSR count). The zero-order valence-electron chi connectivity index (χ0n) is 15.7. The maximum Gasteiger partial charge on any atom is 0.339 e. The van der Waals surface area contributed by atoms with Gasteiger partial charge in [0.25, 0.3) is 5.91 Å². The van der Waals surface area contributed by atoms with Gasteiger partial charge in [0.2, 0.25) is 0 Å². The van der Waals surface area contributed by atoms with Crippen molar-refractivity contribution >= 4 is 23.4 Å². The molecule has 1 fully saturated rings. The Morgan fingerprint density at radius 2 is 1.81 bits per heavy atom. The number of benzene rings is 1. The minimum atomic E-state index is -0.511. The Hall–Kier alpha value is -3.00. The van der Waals surface area contributed by atoms with Crippen LogP contribution in [0.2, 0.25) is 0 Å². The number of anilines is 2. The predicted molar refractivity (Wildman–Crippen MR) is 102 cm³/mol. The first kappa shape index (κ1) is 18.8. The molecular formula is C19H23N5O3. The number of nitrogens with one attached hydrogen (secondary N) is 1. The Labute approximate surface area is 158 Å². The third kappa shape index (κ3) is 4.40. The smallest absolute Gasteiger partial charge is 0.339 e. The molecule has 8 heteroatoms. The lowest BCUT2D eigenvalue weighted by molar-refractivity contribution is 0.0602. The van der Waals surface area contributed by atoms with Crippen molar-refractivity contribution in [2.45, 2.75) is 6.92 Å². The summed E-state index contributed by atoms with van der Waals surface area (Å²) in [4.78, 5) is 37.7. The summed E-state index contributed by atoms with van der Waals surface area (Å²) in [5, 5.41) is 2.75. The number of likely N-dealkylation sites (N-methyl/N-ethyl adjacent to an activating group) is 1. The molecule has 1 aliphatic heterocycles. The number of esters is 1. The quantitative estimate of drug-likeness (QED) is 0.819. The Morgan fingerprint density at radius 3 is 2.52 bits per heavy atom. The van der Waals surface area contributed by atoms with Crippen molar-refractivity contribution in [2.24, 2.45) is 0 Å². The number of rotatable bonds is 4. The minimum Gasteiger partial charge on any atom is -0.465 e. The Kier molecular flexibility index (Phi) is 5.66. The normalized spacial score (nSPS) is 14.7. The van der Waals surface area contributed by atoms with E-state index in [4.69, 9.17) is 4.74 Å². The van der Waals surface area contributed by atoms with E-state index >= 15 is 0 Å². The summed E-state index contributed by atoms with van der Waals surface area (Å²) in [5.74, 6) is 0.356. The number of hydrogen-bond acceptors (Lipinski definition) is 7. The van der Waals surface area contributed by atoms with Gasteiger partial charge in [0, 0.05) is 32.2 Å². The molecular weight excluding hydrogens is 346 g/mol. The van der Waals surface area contributed by atoms with Gasteiger partial charge >= 0.3 is 5.97 Å². The van der Waals surface area contributed by atoms with Crippen LogP contribution >= 0.6 is 0 Å². The fraction of sp³-hybridized carbons (Fsp3) is 0.368. The molecule has 0 aliphatic carbocycles. The average Bonchev–Trinajstić information content (AvgIpc) is 2.68. The highest BCUT2D eigenvalue weighted by molar-refractivity contribution is 6.07. The van der Waals surface area contributed by atoms with E-state index in [0.29, 0.717) is 17.1 Å². The van der Waals surface area contributed by atoms with Gasteiger partial charge in [-0.25, -0.2) is 14.8 Å². The molecule has 0 radical (unpaired) electrons. The molecule has 1 aromatic heterocycles. The molecule has 0 spiro atoms. The number of aryl methyl sites for hydroxylation is 1. The number of carbonyl (C=O) groups excluding carboxylic acids is 2. The van der Waals surface area contributed by atoms with E-state index in [1.165, 1.54) is 7.11 Å². The van der Waals surface area contributed by atoms with Gasteiger partial charge in [-0.05, 0) is 26.1 Å². The minimum absolute atomic E-state index is 0.260. The summed E-state index contributed by atoms with van der Waals surface area (Å²) in [6, 6.07) is 8.39. The van der Waals surface area contributed by atoms with E-state index in [-0.39, 0.29) is 5.69 Å². The van der Waals surface area contributed by atoms with Gasteiger partial charge in [-0.15, -0.1) is 0 Å². The number of methoxy groups -OCH3 is 1. The molecule has 0 atom stereocenters. The summed E-state index contributed by atoms with van der Waals surface area (Å²) in [6.45, 7) is 5.34. The van der Waals surface area contributed by atoms with Crippen molar-refractivity contribution < 1.29 is 14.3 Å². The van der Waals surface area contributed by atoms with Crippen LogP contribution in [0.5, 0.6) is 0 Å². The van der Waals surface area contributed by atoms with Crippen LogP contribution in [0.1, 0.15) is 26.7 Å². The maximum atomic E-state index is 12.7. The third-order valence-electron chi connectivity index (χ3n) is 4.46. The largest absolute Gasteiger partial charge is 0.465 e. The fourth-order valence-corrected chi connectivity index (χ4v) is 2.93. The van der Waals surface area contributed by atoms with E-state index in [1.54, 1.807) is 37.3 Å². The highest BCUT2D eigenvalue weighted by atomic mass is 16.5. The van der Waals surface area contributed by atoms with Crippen LogP contribution in [0.25, 0.3) is 0 Å². The molecule has 1 N–H and O–H groups in total. The molecule has 2 heterocycles. The summed E-state index contributed by atoms with van der Waals surface area (Å²) in [6.07, 6.45) is 0. The van der Waals surface area contributed by atoms with Gasteiger partial charge in [0.05, 0.1) is 18.4 Å². The second kappa shape index (κ2) is 8.13. The summed E-state index contributed by atoms with van der Waals surface area (Å²) in [5.41, 5.74) is 0.932. The second-order valence-corrected chi connectivity index (χ2v) is 6.44. The van der Waals surface area contributed by atoms with Gasteiger partial charge in [0.1, 0.15) is 17.3 Å². The van der Waals surface area contributed by atoms with Gasteiger partial charge in [-0.1, -0.05) is 12.1 Å². The van der Waals surface area contributed by atoms with Gasteiger partial charge in [-0.3, -0.25) is 4.79 Å². The second-order valence-electron chi connectivity index (χ2n) is 6.44. The molecule has 2 aromatic rings. The average molecular weight is 369 g/mol. The number of carbonyl (C=O) groups is 2. The summed E-state index contributed by atoms with van der Waals surface area (Å²) >= 11 is 0. The molecule has 1 saturated heterocycles. The van der Waals surface area contributed by atoms with Crippen LogP contribution in [0.15, 0.2) is 30.3 Å². The lowest BCUT2D eigenvalue weighted by Gasteiger charge is -2.33. The van der Waals surface area contributed by atoms with Crippen molar-refractivity contribution in [2.75, 3.05) is 50.6 Å². The molecule has 0 saturated carbocycles. The number of piperazine rings is 1. The van der Waals surface area contributed by atoms with Crippen LogP contribution in [0.4, 0.5) is 11.5 Å². The molecule has 142 valence electrons. The monoisotopic (exact) mass is 369 g/mol. The highest BCUT2D eigenvalue weighted by Crippen LogP contribution is 2.19. The van der Waals surface area contributed by atoms with Crippen LogP contribution in [-0.4, -0.2) is 67.1 Å². The molecule has 27 heavy (non-hydrogen) atoms. The number of nitrogens with zero attached hydrogens (tertiary/aromatic N) is 4. The summed E-state index contributed by atoms with van der Waals surface area (Å²) in [7, 11) is 3.39. The number of para-hydroxylation sites is 1. The van der Waals surface area contributed by atoms with E-state index in [2.05, 4.69) is 32.1 Å². The maximum absolute atomic E-state index is 12.7. The van der Waals surface area contributed by atoms with Crippen molar-refractivity contribution in [3.63, 3.8) is 0 Å². The standard InChI is InChI=1S/C19H23N5O3/c1-13-20-16(12-17(21-13)24-10-8-23(2)9-11-24)18(25)22-15-7-5-4-6-14(15)19(26)27-3/h4-7,12H,8-11H2,1-3H3,(H,22,25). The number of aromatic nitrogens is 2. The van der Waals surface area contributed by atoms with Crippen molar-refractivity contribution in [3.05, 3.63) is 47.4 Å².